The van der Waals surface area contributed by atoms with E-state index in [9.17, 15) is 30.8 Å². The fraction of sp³-hybridized carbons (Fsp3) is 0.304. The first-order valence-electron chi connectivity index (χ1n) is 10.2. The summed E-state index contributed by atoms with van der Waals surface area (Å²) in [7, 11) is -3.79. The first-order chi connectivity index (χ1) is 16.2. The number of carbonyl (C=O) groups is 1. The van der Waals surface area contributed by atoms with Crippen molar-refractivity contribution in [3.63, 3.8) is 0 Å². The van der Waals surface area contributed by atoms with Gasteiger partial charge in [-0.2, -0.15) is 13.2 Å². The molecule has 6 nitrogen and oxygen atoms in total. The zero-order valence-corrected chi connectivity index (χ0v) is 20.4. The molecule has 0 bridgehead atoms. The molecule has 0 aliphatic rings. The maximum Gasteiger partial charge on any atom is 0.434 e. The number of halogens is 5. The van der Waals surface area contributed by atoms with Gasteiger partial charge >= 0.3 is 6.18 Å². The van der Waals surface area contributed by atoms with Crippen LogP contribution in [0.25, 0.3) is 5.57 Å². The molecule has 2 aromatic rings. The topological polar surface area (TPSA) is 88.2 Å². The molecule has 2 rings (SSSR count). The van der Waals surface area contributed by atoms with Crippen molar-refractivity contribution in [2.45, 2.75) is 38.9 Å². The molecule has 0 unspecified atom stereocenters. The second-order valence-corrected chi connectivity index (χ2v) is 9.75. The third-order valence-electron chi connectivity index (χ3n) is 4.74. The molecule has 0 radical (unpaired) electrons. The number of pyridine rings is 1. The Labute approximate surface area is 205 Å². The van der Waals surface area contributed by atoms with Gasteiger partial charge in [0, 0.05) is 23.4 Å². The van der Waals surface area contributed by atoms with Gasteiger partial charge in [0.25, 0.3) is 5.91 Å². The zero-order chi connectivity index (χ0) is 26.6. The molecule has 0 saturated carbocycles. The maximum absolute atomic E-state index is 14.5. The number of sulfonamides is 1. The second kappa shape index (κ2) is 11.1. The molecule has 0 aliphatic carbocycles. The molecule has 1 amide bonds. The number of carbonyl (C=O) groups excluding carboxylic acids is 1. The number of hydrogen-bond donors (Lipinski definition) is 2. The van der Waals surface area contributed by atoms with Crippen molar-refractivity contribution in [2.24, 2.45) is 0 Å². The van der Waals surface area contributed by atoms with Crippen LogP contribution in [0.15, 0.2) is 24.8 Å². The molecule has 35 heavy (non-hydrogen) atoms. The summed E-state index contributed by atoms with van der Waals surface area (Å²) in [5.74, 6) is 0.476. The van der Waals surface area contributed by atoms with Gasteiger partial charge in [0.1, 0.15) is 5.82 Å². The van der Waals surface area contributed by atoms with Crippen molar-refractivity contribution < 1.29 is 30.8 Å². The Morgan fingerprint density at radius 1 is 1.29 bits per heavy atom. The highest BCUT2D eigenvalue weighted by atomic mass is 35.5. The monoisotopic (exact) mass is 531 g/mol. The normalized spacial score (nSPS) is 11.6. The number of rotatable bonds is 9. The highest BCUT2D eigenvalue weighted by molar-refractivity contribution is 7.92. The Bertz CT molecular complexity index is 1300. The van der Waals surface area contributed by atoms with Crippen LogP contribution in [0.5, 0.6) is 0 Å². The molecule has 0 spiro atoms. The Morgan fingerprint density at radius 3 is 2.49 bits per heavy atom. The quantitative estimate of drug-likeness (QED) is 0.273. The Hall–Kier alpha value is -3.10. The van der Waals surface area contributed by atoms with E-state index in [0.717, 1.165) is 18.4 Å². The number of alkyl halides is 3. The first kappa shape index (κ1) is 28.1. The van der Waals surface area contributed by atoms with Crippen LogP contribution in [-0.4, -0.2) is 25.6 Å². The summed E-state index contributed by atoms with van der Waals surface area (Å²) < 4.78 is 79.0. The lowest BCUT2D eigenvalue weighted by Gasteiger charge is -2.16. The Kier molecular flexibility index (Phi) is 8.92. The van der Waals surface area contributed by atoms with E-state index in [1.165, 1.54) is 6.07 Å². The lowest BCUT2D eigenvalue weighted by atomic mass is 10.0. The highest BCUT2D eigenvalue weighted by Crippen LogP contribution is 2.35. The predicted octanol–water partition coefficient (Wildman–Crippen LogP) is 4.92. The van der Waals surface area contributed by atoms with Crippen LogP contribution in [0.3, 0.4) is 0 Å². The lowest BCUT2D eigenvalue weighted by molar-refractivity contribution is -0.141. The number of amides is 1. The number of terminal acetylenes is 1. The molecule has 0 aliphatic heterocycles. The molecular weight excluding hydrogens is 510 g/mol. The molecule has 1 aromatic heterocycles. The fourth-order valence-corrected chi connectivity index (χ4v) is 3.94. The number of nitrogens with one attached hydrogen (secondary N) is 2. The molecule has 0 fully saturated rings. The molecule has 2 N–H and O–H groups in total. The minimum Gasteiger partial charge on any atom is -0.348 e. The van der Waals surface area contributed by atoms with E-state index in [0.29, 0.717) is 12.8 Å². The fourth-order valence-electron chi connectivity index (χ4n) is 3.10. The minimum atomic E-state index is -4.77. The SMILES string of the molecule is C#Cc1cc(CNC(=O)C(=C)c2cc(Cl)c(C(F)(F)F)nc2CCCC)cc(F)c1NS(C)(=O)=O. The van der Waals surface area contributed by atoms with E-state index in [1.54, 1.807) is 0 Å². The van der Waals surface area contributed by atoms with E-state index < -0.39 is 44.3 Å². The average molecular weight is 532 g/mol. The van der Waals surface area contributed by atoms with Crippen molar-refractivity contribution in [3.05, 3.63) is 63.7 Å². The van der Waals surface area contributed by atoms with Crippen LogP contribution >= 0.6 is 11.6 Å². The number of aromatic nitrogens is 1. The van der Waals surface area contributed by atoms with Crippen LogP contribution in [0.2, 0.25) is 5.02 Å². The average Bonchev–Trinajstić information content (AvgIpc) is 2.75. The Morgan fingerprint density at radius 2 is 1.94 bits per heavy atom. The van der Waals surface area contributed by atoms with E-state index in [4.69, 9.17) is 18.0 Å². The van der Waals surface area contributed by atoms with Crippen LogP contribution < -0.4 is 10.0 Å². The lowest BCUT2D eigenvalue weighted by Crippen LogP contribution is -2.24. The van der Waals surface area contributed by atoms with E-state index in [-0.39, 0.29) is 40.9 Å². The van der Waals surface area contributed by atoms with Crippen LogP contribution in [0.1, 0.15) is 47.8 Å². The number of benzene rings is 1. The second-order valence-electron chi connectivity index (χ2n) is 7.59. The summed E-state index contributed by atoms with van der Waals surface area (Å²) in [4.78, 5) is 16.4. The summed E-state index contributed by atoms with van der Waals surface area (Å²) >= 11 is 5.79. The largest absolute Gasteiger partial charge is 0.434 e. The standard InChI is InChI=1S/C23H22ClF4N3O3S/c1-5-7-8-19-16(11-17(24)21(30-19)23(26,27)28)13(3)22(32)29-12-14-9-15(6-2)20(18(25)10-14)31-35(4,33)34/h2,9-11,31H,3,5,7-8,12H2,1,4H3,(H,29,32). The highest BCUT2D eigenvalue weighted by Gasteiger charge is 2.36. The number of anilines is 1. The van der Waals surface area contributed by atoms with Crippen molar-refractivity contribution >= 4 is 38.8 Å². The van der Waals surface area contributed by atoms with Crippen LogP contribution in [-0.2, 0) is 34.0 Å². The van der Waals surface area contributed by atoms with E-state index in [2.05, 4.69) is 22.8 Å². The van der Waals surface area contributed by atoms with Gasteiger partial charge in [-0.25, -0.2) is 17.8 Å². The molecule has 0 atom stereocenters. The number of unbranched alkanes of at least 4 members (excludes halogenated alkanes) is 1. The van der Waals surface area contributed by atoms with E-state index in [1.807, 2.05) is 11.6 Å². The van der Waals surface area contributed by atoms with Crippen molar-refractivity contribution in [1.82, 2.24) is 10.3 Å². The molecule has 188 valence electrons. The number of aryl methyl sites for hydroxylation is 1. The van der Waals surface area contributed by atoms with Gasteiger partial charge in [-0.15, -0.1) is 6.42 Å². The summed E-state index contributed by atoms with van der Waals surface area (Å²) in [5, 5.41) is 1.82. The van der Waals surface area contributed by atoms with Crippen molar-refractivity contribution in [2.75, 3.05) is 11.0 Å². The number of hydrogen-bond acceptors (Lipinski definition) is 4. The zero-order valence-electron chi connectivity index (χ0n) is 18.8. The van der Waals surface area contributed by atoms with Gasteiger partial charge in [0.15, 0.2) is 5.69 Å². The van der Waals surface area contributed by atoms with Crippen molar-refractivity contribution in [1.29, 1.82) is 0 Å². The van der Waals surface area contributed by atoms with E-state index >= 15 is 0 Å². The molecule has 1 aromatic carbocycles. The minimum absolute atomic E-state index is 0.0283. The third kappa shape index (κ3) is 7.44. The Balaban J connectivity index is 2.30. The predicted molar refractivity (Wildman–Crippen MR) is 127 cm³/mol. The number of nitrogens with zero attached hydrogens (tertiary/aromatic N) is 1. The summed E-state index contributed by atoms with van der Waals surface area (Å²) in [5.41, 5.74) is -1.60. The molecule has 12 heteroatoms. The van der Waals surface area contributed by atoms with Gasteiger partial charge in [0.05, 0.1) is 22.5 Å². The summed E-state index contributed by atoms with van der Waals surface area (Å²) in [6.07, 6.45) is 2.79. The first-order valence-corrected chi connectivity index (χ1v) is 12.5. The van der Waals surface area contributed by atoms with Crippen molar-refractivity contribution in [3.8, 4) is 12.3 Å². The molecular formula is C23H22ClF4N3O3S. The molecule has 1 heterocycles. The smallest absolute Gasteiger partial charge is 0.348 e. The van der Waals surface area contributed by atoms with Crippen LogP contribution in [0.4, 0.5) is 23.2 Å². The van der Waals surface area contributed by atoms with Gasteiger partial charge in [-0.3, -0.25) is 9.52 Å². The van der Waals surface area contributed by atoms with Gasteiger partial charge in [-0.05, 0) is 36.6 Å². The van der Waals surface area contributed by atoms with Crippen LogP contribution in [0, 0.1) is 18.2 Å². The molecule has 0 saturated heterocycles. The van der Waals surface area contributed by atoms with Gasteiger partial charge in [0.2, 0.25) is 10.0 Å². The summed E-state index contributed by atoms with van der Waals surface area (Å²) in [6, 6.07) is 3.30. The maximum atomic E-state index is 14.5. The summed E-state index contributed by atoms with van der Waals surface area (Å²) in [6.45, 7) is 5.29. The third-order valence-corrected chi connectivity index (χ3v) is 5.60. The van der Waals surface area contributed by atoms with Gasteiger partial charge < -0.3 is 5.32 Å². The van der Waals surface area contributed by atoms with Gasteiger partial charge in [-0.1, -0.05) is 37.4 Å².